The molecular formula is C14H29NO2. The standard InChI is InChI=1S/C14H29NO2/c1-6-11(4)14(5,17)10-15-13(16)9-12(7-2)8-3/h11-12,17H,6-10H2,1-5H3,(H,15,16). The fraction of sp³-hybridized carbons (Fsp3) is 0.929. The largest absolute Gasteiger partial charge is 0.388 e. The van der Waals surface area contributed by atoms with E-state index in [2.05, 4.69) is 19.2 Å². The Morgan fingerprint density at radius 1 is 1.24 bits per heavy atom. The zero-order chi connectivity index (χ0) is 13.5. The first-order valence-electron chi connectivity index (χ1n) is 6.86. The van der Waals surface area contributed by atoms with E-state index in [9.17, 15) is 9.90 Å². The molecule has 3 heteroatoms. The monoisotopic (exact) mass is 243 g/mol. The molecule has 17 heavy (non-hydrogen) atoms. The number of hydrogen-bond donors (Lipinski definition) is 2. The molecule has 0 fully saturated rings. The summed E-state index contributed by atoms with van der Waals surface area (Å²) in [4.78, 5) is 11.7. The fourth-order valence-electron chi connectivity index (χ4n) is 1.80. The van der Waals surface area contributed by atoms with Crippen molar-refractivity contribution in [3.8, 4) is 0 Å². The quantitative estimate of drug-likeness (QED) is 0.688. The number of rotatable bonds is 8. The van der Waals surface area contributed by atoms with Crippen LogP contribution in [0.4, 0.5) is 0 Å². The zero-order valence-corrected chi connectivity index (χ0v) is 12.0. The van der Waals surface area contributed by atoms with Crippen LogP contribution >= 0.6 is 0 Å². The second-order valence-corrected chi connectivity index (χ2v) is 5.33. The van der Waals surface area contributed by atoms with Crippen LogP contribution in [0, 0.1) is 11.8 Å². The molecule has 0 radical (unpaired) electrons. The van der Waals surface area contributed by atoms with Crippen molar-refractivity contribution < 1.29 is 9.90 Å². The Bertz CT molecular complexity index is 222. The summed E-state index contributed by atoms with van der Waals surface area (Å²) >= 11 is 0. The van der Waals surface area contributed by atoms with E-state index in [0.717, 1.165) is 19.3 Å². The smallest absolute Gasteiger partial charge is 0.220 e. The summed E-state index contributed by atoms with van der Waals surface area (Å²) in [5.74, 6) is 0.710. The molecule has 1 amide bonds. The maximum absolute atomic E-state index is 11.7. The number of amides is 1. The maximum atomic E-state index is 11.7. The normalized spacial score (nSPS) is 16.6. The van der Waals surface area contributed by atoms with E-state index in [1.54, 1.807) is 6.92 Å². The van der Waals surface area contributed by atoms with Gasteiger partial charge in [0.25, 0.3) is 0 Å². The number of nitrogens with one attached hydrogen (secondary N) is 1. The third-order valence-electron chi connectivity index (χ3n) is 3.95. The van der Waals surface area contributed by atoms with Gasteiger partial charge >= 0.3 is 0 Å². The first-order valence-corrected chi connectivity index (χ1v) is 6.86. The summed E-state index contributed by atoms with van der Waals surface area (Å²) in [6.45, 7) is 10.4. The molecule has 0 saturated carbocycles. The molecule has 0 bridgehead atoms. The van der Waals surface area contributed by atoms with Gasteiger partial charge in [0, 0.05) is 13.0 Å². The van der Waals surface area contributed by atoms with Gasteiger partial charge in [-0.15, -0.1) is 0 Å². The molecule has 0 aromatic carbocycles. The molecule has 0 aliphatic rings. The van der Waals surface area contributed by atoms with E-state index in [1.807, 2.05) is 13.8 Å². The Balaban J connectivity index is 4.06. The summed E-state index contributed by atoms with van der Waals surface area (Å²) in [6, 6.07) is 0. The van der Waals surface area contributed by atoms with Crippen molar-refractivity contribution in [1.82, 2.24) is 5.32 Å². The van der Waals surface area contributed by atoms with Crippen LogP contribution in [-0.2, 0) is 4.79 Å². The Morgan fingerprint density at radius 3 is 2.18 bits per heavy atom. The van der Waals surface area contributed by atoms with Gasteiger partial charge in [0.2, 0.25) is 5.91 Å². The summed E-state index contributed by atoms with van der Waals surface area (Å²) in [6.07, 6.45) is 3.55. The van der Waals surface area contributed by atoms with Crippen molar-refractivity contribution in [3.05, 3.63) is 0 Å². The van der Waals surface area contributed by atoms with E-state index in [0.29, 0.717) is 18.9 Å². The molecule has 0 saturated heterocycles. The Hall–Kier alpha value is -0.570. The summed E-state index contributed by atoms with van der Waals surface area (Å²) in [5, 5.41) is 13.0. The summed E-state index contributed by atoms with van der Waals surface area (Å²) < 4.78 is 0. The Kier molecular flexibility index (Phi) is 7.44. The predicted molar refractivity (Wildman–Crippen MR) is 71.8 cm³/mol. The molecule has 102 valence electrons. The lowest BCUT2D eigenvalue weighted by Gasteiger charge is -2.30. The van der Waals surface area contributed by atoms with Crippen molar-refractivity contribution in [2.75, 3.05) is 6.54 Å². The summed E-state index contributed by atoms with van der Waals surface area (Å²) in [7, 11) is 0. The molecule has 2 unspecified atom stereocenters. The van der Waals surface area contributed by atoms with Crippen LogP contribution in [0.2, 0.25) is 0 Å². The lowest BCUT2D eigenvalue weighted by molar-refractivity contribution is -0.123. The van der Waals surface area contributed by atoms with Gasteiger partial charge < -0.3 is 10.4 Å². The number of carbonyl (C=O) groups is 1. The molecule has 0 aliphatic heterocycles. The first kappa shape index (κ1) is 16.4. The van der Waals surface area contributed by atoms with Gasteiger partial charge in [0.15, 0.2) is 0 Å². The van der Waals surface area contributed by atoms with Crippen LogP contribution in [0.25, 0.3) is 0 Å². The third-order valence-corrected chi connectivity index (χ3v) is 3.95. The van der Waals surface area contributed by atoms with Crippen LogP contribution < -0.4 is 5.32 Å². The van der Waals surface area contributed by atoms with Crippen LogP contribution in [0.3, 0.4) is 0 Å². The molecule has 0 spiro atoms. The third kappa shape index (κ3) is 6.06. The molecule has 0 aromatic heterocycles. The van der Waals surface area contributed by atoms with Crippen molar-refractivity contribution >= 4 is 5.91 Å². The highest BCUT2D eigenvalue weighted by Crippen LogP contribution is 2.19. The lowest BCUT2D eigenvalue weighted by atomic mass is 9.88. The molecule has 0 aromatic rings. The topological polar surface area (TPSA) is 49.3 Å². The van der Waals surface area contributed by atoms with Crippen LogP contribution in [0.5, 0.6) is 0 Å². The molecule has 2 atom stereocenters. The van der Waals surface area contributed by atoms with Crippen LogP contribution in [0.1, 0.15) is 60.3 Å². The fourth-order valence-corrected chi connectivity index (χ4v) is 1.80. The lowest BCUT2D eigenvalue weighted by Crippen LogP contribution is -2.45. The predicted octanol–water partition coefficient (Wildman–Crippen LogP) is 2.73. The average Bonchev–Trinajstić information content (AvgIpc) is 2.32. The van der Waals surface area contributed by atoms with Crippen molar-refractivity contribution in [1.29, 1.82) is 0 Å². The van der Waals surface area contributed by atoms with Crippen molar-refractivity contribution in [2.24, 2.45) is 11.8 Å². The van der Waals surface area contributed by atoms with Gasteiger partial charge in [-0.3, -0.25) is 4.79 Å². The minimum Gasteiger partial charge on any atom is -0.388 e. The molecular weight excluding hydrogens is 214 g/mol. The van der Waals surface area contributed by atoms with E-state index in [4.69, 9.17) is 0 Å². The van der Waals surface area contributed by atoms with Crippen LogP contribution in [-0.4, -0.2) is 23.2 Å². The maximum Gasteiger partial charge on any atom is 0.220 e. The molecule has 2 N–H and O–H groups in total. The zero-order valence-electron chi connectivity index (χ0n) is 12.0. The van der Waals surface area contributed by atoms with Crippen LogP contribution in [0.15, 0.2) is 0 Å². The molecule has 0 rings (SSSR count). The van der Waals surface area contributed by atoms with Gasteiger partial charge in [0.05, 0.1) is 5.60 Å². The highest BCUT2D eigenvalue weighted by Gasteiger charge is 2.27. The van der Waals surface area contributed by atoms with Gasteiger partial charge in [-0.1, -0.05) is 47.0 Å². The highest BCUT2D eigenvalue weighted by molar-refractivity contribution is 5.76. The van der Waals surface area contributed by atoms with Gasteiger partial charge in [-0.05, 0) is 18.8 Å². The Labute approximate surface area is 106 Å². The number of aliphatic hydroxyl groups is 1. The van der Waals surface area contributed by atoms with E-state index in [1.165, 1.54) is 0 Å². The number of hydrogen-bond acceptors (Lipinski definition) is 2. The van der Waals surface area contributed by atoms with Crippen molar-refractivity contribution in [3.63, 3.8) is 0 Å². The molecule has 0 aliphatic carbocycles. The van der Waals surface area contributed by atoms with Gasteiger partial charge in [-0.25, -0.2) is 0 Å². The average molecular weight is 243 g/mol. The molecule has 3 nitrogen and oxygen atoms in total. The first-order chi connectivity index (χ1) is 7.87. The van der Waals surface area contributed by atoms with E-state index >= 15 is 0 Å². The SMILES string of the molecule is CCC(CC)CC(=O)NCC(C)(O)C(C)CC. The number of carbonyl (C=O) groups excluding carboxylic acids is 1. The van der Waals surface area contributed by atoms with Gasteiger partial charge in [-0.2, -0.15) is 0 Å². The van der Waals surface area contributed by atoms with Crippen molar-refractivity contribution in [2.45, 2.75) is 65.9 Å². The highest BCUT2D eigenvalue weighted by atomic mass is 16.3. The second-order valence-electron chi connectivity index (χ2n) is 5.33. The van der Waals surface area contributed by atoms with E-state index < -0.39 is 5.60 Å². The Morgan fingerprint density at radius 2 is 1.76 bits per heavy atom. The second kappa shape index (κ2) is 7.70. The van der Waals surface area contributed by atoms with Gasteiger partial charge in [0.1, 0.15) is 0 Å². The minimum atomic E-state index is -0.807. The summed E-state index contributed by atoms with van der Waals surface area (Å²) in [5.41, 5.74) is -0.807. The van der Waals surface area contributed by atoms with E-state index in [-0.39, 0.29) is 11.8 Å². The molecule has 0 heterocycles. The minimum absolute atomic E-state index is 0.0577.